The highest BCUT2D eigenvalue weighted by molar-refractivity contribution is 5.92. The molecule has 132 valence electrons. The van der Waals surface area contributed by atoms with Gasteiger partial charge in [-0.2, -0.15) is 0 Å². The number of aromatic nitrogens is 3. The van der Waals surface area contributed by atoms with Crippen LogP contribution in [0.25, 0.3) is 0 Å². The van der Waals surface area contributed by atoms with Crippen LogP contribution < -0.4 is 15.0 Å². The molecule has 0 bridgehead atoms. The van der Waals surface area contributed by atoms with Gasteiger partial charge in [-0.25, -0.2) is 15.0 Å². The number of aryl methyl sites for hydroxylation is 2. The summed E-state index contributed by atoms with van der Waals surface area (Å²) in [5, 5.41) is 2.93. The fourth-order valence-electron chi connectivity index (χ4n) is 3.04. The zero-order valence-electron chi connectivity index (χ0n) is 14.8. The third kappa shape index (κ3) is 4.23. The van der Waals surface area contributed by atoms with Gasteiger partial charge >= 0.3 is 0 Å². The van der Waals surface area contributed by atoms with Crippen molar-refractivity contribution in [1.29, 1.82) is 0 Å². The van der Waals surface area contributed by atoms with Crippen LogP contribution in [0.4, 0.5) is 11.6 Å². The van der Waals surface area contributed by atoms with Crippen molar-refractivity contribution in [3.8, 4) is 5.88 Å². The second kappa shape index (κ2) is 7.46. The Kier molecular flexibility index (Phi) is 5.11. The van der Waals surface area contributed by atoms with Crippen LogP contribution in [0.3, 0.4) is 0 Å². The SMILES string of the molecule is COc1ccc(NC(=O)[C@@H]2CCCN(c3nc(C)cc(C)n3)C2)cn1. The van der Waals surface area contributed by atoms with Gasteiger partial charge in [0.15, 0.2) is 0 Å². The predicted molar refractivity (Wildman–Crippen MR) is 95.9 cm³/mol. The van der Waals surface area contributed by atoms with Gasteiger partial charge in [-0.05, 0) is 38.8 Å². The number of nitrogens with one attached hydrogen (secondary N) is 1. The summed E-state index contributed by atoms with van der Waals surface area (Å²) in [5.74, 6) is 1.14. The number of anilines is 2. The molecule has 0 saturated carbocycles. The van der Waals surface area contributed by atoms with Crippen molar-refractivity contribution in [2.75, 3.05) is 30.4 Å². The Bertz CT molecular complexity index is 727. The van der Waals surface area contributed by atoms with Crippen molar-refractivity contribution in [1.82, 2.24) is 15.0 Å². The van der Waals surface area contributed by atoms with Gasteiger partial charge in [0.1, 0.15) is 0 Å². The van der Waals surface area contributed by atoms with E-state index in [-0.39, 0.29) is 11.8 Å². The maximum absolute atomic E-state index is 12.6. The molecule has 1 N–H and O–H groups in total. The summed E-state index contributed by atoms with van der Waals surface area (Å²) in [6, 6.07) is 5.47. The highest BCUT2D eigenvalue weighted by Crippen LogP contribution is 2.22. The minimum atomic E-state index is -0.0970. The van der Waals surface area contributed by atoms with Gasteiger partial charge in [0.25, 0.3) is 0 Å². The number of hydrogen-bond acceptors (Lipinski definition) is 6. The molecule has 0 radical (unpaired) electrons. The van der Waals surface area contributed by atoms with Crippen LogP contribution >= 0.6 is 0 Å². The summed E-state index contributed by atoms with van der Waals surface area (Å²) in [5.41, 5.74) is 2.56. The first kappa shape index (κ1) is 17.1. The summed E-state index contributed by atoms with van der Waals surface area (Å²) in [6.45, 7) is 5.42. The lowest BCUT2D eigenvalue weighted by atomic mass is 9.97. The van der Waals surface area contributed by atoms with E-state index in [0.29, 0.717) is 24.1 Å². The first-order valence-electron chi connectivity index (χ1n) is 8.43. The van der Waals surface area contributed by atoms with E-state index < -0.39 is 0 Å². The van der Waals surface area contributed by atoms with Crippen molar-refractivity contribution < 1.29 is 9.53 Å². The van der Waals surface area contributed by atoms with Gasteiger partial charge in [-0.1, -0.05) is 0 Å². The first-order valence-corrected chi connectivity index (χ1v) is 8.43. The minimum Gasteiger partial charge on any atom is -0.481 e. The number of carbonyl (C=O) groups excluding carboxylic acids is 1. The number of methoxy groups -OCH3 is 1. The molecule has 0 spiro atoms. The second-order valence-corrected chi connectivity index (χ2v) is 6.31. The number of ether oxygens (including phenoxy) is 1. The summed E-state index contributed by atoms with van der Waals surface area (Å²) in [4.78, 5) is 27.8. The molecule has 7 heteroatoms. The lowest BCUT2D eigenvalue weighted by Gasteiger charge is -2.32. The average Bonchev–Trinajstić information content (AvgIpc) is 2.61. The Hall–Kier alpha value is -2.70. The zero-order chi connectivity index (χ0) is 17.8. The molecular formula is C18H23N5O2. The number of carbonyl (C=O) groups is 1. The maximum Gasteiger partial charge on any atom is 0.229 e. The Balaban J connectivity index is 1.66. The van der Waals surface area contributed by atoms with Crippen molar-refractivity contribution in [3.05, 3.63) is 35.8 Å². The van der Waals surface area contributed by atoms with E-state index in [9.17, 15) is 4.79 Å². The quantitative estimate of drug-likeness (QED) is 0.919. The van der Waals surface area contributed by atoms with Gasteiger partial charge in [0.05, 0.1) is 24.9 Å². The lowest BCUT2D eigenvalue weighted by molar-refractivity contribution is -0.120. The molecule has 2 aromatic rings. The van der Waals surface area contributed by atoms with Crippen LogP contribution in [-0.4, -0.2) is 41.1 Å². The third-order valence-corrected chi connectivity index (χ3v) is 4.26. The van der Waals surface area contributed by atoms with Crippen LogP contribution in [0.2, 0.25) is 0 Å². The average molecular weight is 341 g/mol. The zero-order valence-corrected chi connectivity index (χ0v) is 14.8. The highest BCUT2D eigenvalue weighted by Gasteiger charge is 2.27. The largest absolute Gasteiger partial charge is 0.481 e. The summed E-state index contributed by atoms with van der Waals surface area (Å²) < 4.78 is 5.03. The molecular weight excluding hydrogens is 318 g/mol. The highest BCUT2D eigenvalue weighted by atomic mass is 16.5. The topological polar surface area (TPSA) is 80.2 Å². The molecule has 3 heterocycles. The Morgan fingerprint density at radius 2 is 2.04 bits per heavy atom. The van der Waals surface area contributed by atoms with Crippen LogP contribution in [0.1, 0.15) is 24.2 Å². The Labute approximate surface area is 147 Å². The van der Waals surface area contributed by atoms with E-state index in [2.05, 4.69) is 25.2 Å². The van der Waals surface area contributed by atoms with Crippen LogP contribution in [0, 0.1) is 19.8 Å². The van der Waals surface area contributed by atoms with Gasteiger partial charge < -0.3 is 15.0 Å². The molecule has 2 aromatic heterocycles. The van der Waals surface area contributed by atoms with Crippen LogP contribution in [0.5, 0.6) is 5.88 Å². The number of nitrogens with zero attached hydrogens (tertiary/aromatic N) is 4. The first-order chi connectivity index (χ1) is 12.0. The Morgan fingerprint density at radius 3 is 2.68 bits per heavy atom. The summed E-state index contributed by atoms with van der Waals surface area (Å²) in [7, 11) is 1.56. The van der Waals surface area contributed by atoms with Gasteiger partial charge in [0.2, 0.25) is 17.7 Å². The van der Waals surface area contributed by atoms with Crippen molar-refractivity contribution >= 4 is 17.5 Å². The molecule has 3 rings (SSSR count). The Morgan fingerprint density at radius 1 is 1.28 bits per heavy atom. The standard InChI is InChI=1S/C18H23N5O2/c1-12-9-13(2)21-18(20-12)23-8-4-5-14(11-23)17(24)22-15-6-7-16(25-3)19-10-15/h6-7,9-10,14H,4-5,8,11H2,1-3H3,(H,22,24)/t14-/m1/s1. The number of pyridine rings is 1. The van der Waals surface area contributed by atoms with Crippen molar-refractivity contribution in [2.45, 2.75) is 26.7 Å². The number of piperidine rings is 1. The maximum atomic E-state index is 12.6. The van der Waals surface area contributed by atoms with Crippen molar-refractivity contribution in [3.63, 3.8) is 0 Å². The molecule has 1 saturated heterocycles. The van der Waals surface area contributed by atoms with Gasteiger partial charge in [-0.3, -0.25) is 4.79 Å². The van der Waals surface area contributed by atoms with E-state index in [1.54, 1.807) is 25.4 Å². The number of hydrogen-bond donors (Lipinski definition) is 1. The van der Waals surface area contributed by atoms with Crippen LogP contribution in [0.15, 0.2) is 24.4 Å². The van der Waals surface area contributed by atoms with E-state index in [4.69, 9.17) is 4.74 Å². The normalized spacial score (nSPS) is 17.2. The molecule has 1 aliphatic heterocycles. The molecule has 1 atom stereocenters. The molecule has 1 fully saturated rings. The third-order valence-electron chi connectivity index (χ3n) is 4.26. The van der Waals surface area contributed by atoms with Crippen LogP contribution in [-0.2, 0) is 4.79 Å². The van der Waals surface area contributed by atoms with E-state index in [1.807, 2.05) is 19.9 Å². The smallest absolute Gasteiger partial charge is 0.229 e. The fourth-order valence-corrected chi connectivity index (χ4v) is 3.04. The molecule has 1 aliphatic rings. The minimum absolute atomic E-state index is 0.000965. The molecule has 0 unspecified atom stereocenters. The fraction of sp³-hybridized carbons (Fsp3) is 0.444. The second-order valence-electron chi connectivity index (χ2n) is 6.31. The number of amides is 1. The van der Waals surface area contributed by atoms with Crippen molar-refractivity contribution in [2.24, 2.45) is 5.92 Å². The lowest BCUT2D eigenvalue weighted by Crippen LogP contribution is -2.41. The molecule has 1 amide bonds. The van der Waals surface area contributed by atoms with E-state index in [1.165, 1.54) is 0 Å². The molecule has 7 nitrogen and oxygen atoms in total. The molecule has 0 aromatic carbocycles. The van der Waals surface area contributed by atoms with Gasteiger partial charge in [0, 0.05) is 30.5 Å². The van der Waals surface area contributed by atoms with E-state index in [0.717, 1.165) is 30.8 Å². The number of rotatable bonds is 4. The van der Waals surface area contributed by atoms with Gasteiger partial charge in [-0.15, -0.1) is 0 Å². The monoisotopic (exact) mass is 341 g/mol. The molecule has 0 aliphatic carbocycles. The summed E-state index contributed by atoms with van der Waals surface area (Å²) >= 11 is 0. The van der Waals surface area contributed by atoms with E-state index >= 15 is 0 Å². The summed E-state index contributed by atoms with van der Waals surface area (Å²) in [6.07, 6.45) is 3.40. The molecule has 25 heavy (non-hydrogen) atoms. The predicted octanol–water partition coefficient (Wildman–Crippen LogP) is 2.35.